The standard InChI is InChI=1S/C22H22N2O3/c25-21-13-17(22(26)23-7-9-27-10-8-23)14-24(21)18-5-6-20-16(12-18)11-15-3-1-2-4-19(15)20/h1-6,12,17H,7-11,13-14H2. The Bertz CT molecular complexity index is 918. The van der Waals surface area contributed by atoms with E-state index in [1.54, 1.807) is 4.90 Å². The van der Waals surface area contributed by atoms with E-state index in [0.29, 0.717) is 39.3 Å². The van der Waals surface area contributed by atoms with E-state index in [-0.39, 0.29) is 17.7 Å². The lowest BCUT2D eigenvalue weighted by Crippen LogP contribution is -2.44. The van der Waals surface area contributed by atoms with Gasteiger partial charge in [0.15, 0.2) is 0 Å². The zero-order chi connectivity index (χ0) is 18.4. The van der Waals surface area contributed by atoms with Gasteiger partial charge in [-0.05, 0) is 40.8 Å². The molecule has 2 aromatic carbocycles. The number of benzene rings is 2. The van der Waals surface area contributed by atoms with Crippen LogP contribution in [0.3, 0.4) is 0 Å². The maximum Gasteiger partial charge on any atom is 0.228 e. The molecule has 0 N–H and O–H groups in total. The van der Waals surface area contributed by atoms with E-state index < -0.39 is 0 Å². The van der Waals surface area contributed by atoms with Crippen LogP contribution in [-0.2, 0) is 20.7 Å². The van der Waals surface area contributed by atoms with Crippen LogP contribution in [0, 0.1) is 5.92 Å². The summed E-state index contributed by atoms with van der Waals surface area (Å²) in [5.74, 6) is -0.124. The number of amides is 2. The summed E-state index contributed by atoms with van der Waals surface area (Å²) in [6.45, 7) is 2.89. The summed E-state index contributed by atoms with van der Waals surface area (Å²) in [5.41, 5.74) is 6.03. The number of nitrogens with zero attached hydrogens (tertiary/aromatic N) is 2. The van der Waals surface area contributed by atoms with E-state index in [4.69, 9.17) is 4.74 Å². The molecule has 0 radical (unpaired) electrons. The molecule has 27 heavy (non-hydrogen) atoms. The summed E-state index contributed by atoms with van der Waals surface area (Å²) in [6.07, 6.45) is 1.20. The number of ether oxygens (including phenoxy) is 1. The quantitative estimate of drug-likeness (QED) is 0.704. The average Bonchev–Trinajstić information content (AvgIpc) is 3.28. The average molecular weight is 362 g/mol. The third-order valence-corrected chi connectivity index (χ3v) is 5.89. The van der Waals surface area contributed by atoms with E-state index in [1.807, 2.05) is 11.0 Å². The molecule has 2 saturated heterocycles. The Balaban J connectivity index is 1.36. The van der Waals surface area contributed by atoms with Gasteiger partial charge < -0.3 is 14.5 Å². The highest BCUT2D eigenvalue weighted by Gasteiger charge is 2.37. The summed E-state index contributed by atoms with van der Waals surface area (Å²) < 4.78 is 5.32. The van der Waals surface area contributed by atoms with Crippen LogP contribution in [0.25, 0.3) is 11.1 Å². The van der Waals surface area contributed by atoms with Crippen LogP contribution in [0.1, 0.15) is 17.5 Å². The molecule has 3 aliphatic rings. The molecular weight excluding hydrogens is 340 g/mol. The summed E-state index contributed by atoms with van der Waals surface area (Å²) >= 11 is 0. The highest BCUT2D eigenvalue weighted by Crippen LogP contribution is 2.39. The first-order valence-corrected chi connectivity index (χ1v) is 9.59. The van der Waals surface area contributed by atoms with E-state index >= 15 is 0 Å². The fourth-order valence-electron chi connectivity index (χ4n) is 4.46. The van der Waals surface area contributed by atoms with Gasteiger partial charge in [-0.15, -0.1) is 0 Å². The first kappa shape index (κ1) is 16.5. The molecule has 5 nitrogen and oxygen atoms in total. The molecule has 5 rings (SSSR count). The molecule has 2 aliphatic heterocycles. The molecular formula is C22H22N2O3. The van der Waals surface area contributed by atoms with Crippen molar-refractivity contribution >= 4 is 17.5 Å². The van der Waals surface area contributed by atoms with Crippen molar-refractivity contribution in [3.8, 4) is 11.1 Å². The molecule has 0 saturated carbocycles. The Morgan fingerprint density at radius 1 is 1.00 bits per heavy atom. The molecule has 1 atom stereocenters. The first-order chi connectivity index (χ1) is 13.2. The van der Waals surface area contributed by atoms with E-state index in [2.05, 4.69) is 36.4 Å². The smallest absolute Gasteiger partial charge is 0.228 e. The molecule has 2 amide bonds. The number of carbonyl (C=O) groups is 2. The van der Waals surface area contributed by atoms with Crippen LogP contribution >= 0.6 is 0 Å². The molecule has 0 bridgehead atoms. The van der Waals surface area contributed by atoms with Crippen molar-refractivity contribution in [3.63, 3.8) is 0 Å². The van der Waals surface area contributed by atoms with Crippen molar-refractivity contribution in [1.82, 2.24) is 4.90 Å². The SMILES string of the molecule is O=C(C1CC(=O)N(c2ccc3c(c2)Cc2ccccc2-3)C1)N1CCOCC1. The van der Waals surface area contributed by atoms with Crippen molar-refractivity contribution < 1.29 is 14.3 Å². The molecule has 138 valence electrons. The fourth-order valence-corrected chi connectivity index (χ4v) is 4.46. The highest BCUT2D eigenvalue weighted by atomic mass is 16.5. The zero-order valence-corrected chi connectivity index (χ0v) is 15.2. The topological polar surface area (TPSA) is 49.9 Å². The Kier molecular flexibility index (Phi) is 3.97. The van der Waals surface area contributed by atoms with E-state index in [9.17, 15) is 9.59 Å². The predicted octanol–water partition coefficient (Wildman–Crippen LogP) is 2.47. The molecule has 0 aromatic heterocycles. The minimum Gasteiger partial charge on any atom is -0.378 e. The van der Waals surface area contributed by atoms with Gasteiger partial charge in [-0.25, -0.2) is 0 Å². The highest BCUT2D eigenvalue weighted by molar-refractivity contribution is 6.00. The predicted molar refractivity (Wildman–Crippen MR) is 103 cm³/mol. The summed E-state index contributed by atoms with van der Waals surface area (Å²) in [5, 5.41) is 0. The summed E-state index contributed by atoms with van der Waals surface area (Å²) in [6, 6.07) is 14.7. The second-order valence-electron chi connectivity index (χ2n) is 7.52. The van der Waals surface area contributed by atoms with Crippen LogP contribution in [-0.4, -0.2) is 49.6 Å². The van der Waals surface area contributed by atoms with E-state index in [0.717, 1.165) is 12.1 Å². The number of fused-ring (bicyclic) bond motifs is 3. The van der Waals surface area contributed by atoms with Gasteiger partial charge in [-0.3, -0.25) is 9.59 Å². The Labute approximate surface area is 158 Å². The second-order valence-corrected chi connectivity index (χ2v) is 7.52. The normalized spacial score (nSPS) is 21.3. The largest absolute Gasteiger partial charge is 0.378 e. The van der Waals surface area contributed by atoms with Crippen LogP contribution in [0.5, 0.6) is 0 Å². The number of rotatable bonds is 2. The van der Waals surface area contributed by atoms with Gasteiger partial charge in [-0.1, -0.05) is 30.3 Å². The van der Waals surface area contributed by atoms with Gasteiger partial charge in [-0.2, -0.15) is 0 Å². The number of hydrogen-bond acceptors (Lipinski definition) is 3. The van der Waals surface area contributed by atoms with Crippen molar-refractivity contribution in [2.75, 3.05) is 37.7 Å². The molecule has 2 aromatic rings. The second kappa shape index (κ2) is 6.50. The minimum absolute atomic E-state index is 0.0390. The number of carbonyl (C=O) groups excluding carboxylic acids is 2. The third kappa shape index (κ3) is 2.82. The zero-order valence-electron chi connectivity index (χ0n) is 15.2. The lowest BCUT2D eigenvalue weighted by molar-refractivity contribution is -0.139. The van der Waals surface area contributed by atoms with Gasteiger partial charge in [0.1, 0.15) is 0 Å². The fraction of sp³-hybridized carbons (Fsp3) is 0.364. The van der Waals surface area contributed by atoms with Gasteiger partial charge >= 0.3 is 0 Å². The van der Waals surface area contributed by atoms with Crippen LogP contribution < -0.4 is 4.90 Å². The summed E-state index contributed by atoms with van der Waals surface area (Å²) in [7, 11) is 0. The number of morpholine rings is 1. The Morgan fingerprint density at radius 2 is 1.78 bits per heavy atom. The van der Waals surface area contributed by atoms with Gasteiger partial charge in [0.05, 0.1) is 19.1 Å². The molecule has 2 heterocycles. The van der Waals surface area contributed by atoms with Crippen molar-refractivity contribution in [1.29, 1.82) is 0 Å². The molecule has 0 spiro atoms. The molecule has 1 aliphatic carbocycles. The lowest BCUT2D eigenvalue weighted by Gasteiger charge is -2.29. The van der Waals surface area contributed by atoms with Crippen molar-refractivity contribution in [2.24, 2.45) is 5.92 Å². The number of hydrogen-bond donors (Lipinski definition) is 0. The van der Waals surface area contributed by atoms with Crippen LogP contribution in [0.15, 0.2) is 42.5 Å². The first-order valence-electron chi connectivity index (χ1n) is 9.59. The van der Waals surface area contributed by atoms with Crippen molar-refractivity contribution in [2.45, 2.75) is 12.8 Å². The molecule has 5 heteroatoms. The lowest BCUT2D eigenvalue weighted by atomic mass is 10.1. The van der Waals surface area contributed by atoms with Gasteiger partial charge in [0.2, 0.25) is 11.8 Å². The summed E-state index contributed by atoms with van der Waals surface area (Å²) in [4.78, 5) is 29.0. The van der Waals surface area contributed by atoms with Gasteiger partial charge in [0, 0.05) is 31.7 Å². The Morgan fingerprint density at radius 3 is 2.63 bits per heavy atom. The minimum atomic E-state index is -0.249. The molecule has 1 unspecified atom stereocenters. The maximum absolute atomic E-state index is 12.8. The van der Waals surface area contributed by atoms with Gasteiger partial charge in [0.25, 0.3) is 0 Å². The number of anilines is 1. The molecule has 2 fully saturated rings. The van der Waals surface area contributed by atoms with Crippen molar-refractivity contribution in [3.05, 3.63) is 53.6 Å². The third-order valence-electron chi connectivity index (χ3n) is 5.89. The monoisotopic (exact) mass is 362 g/mol. The maximum atomic E-state index is 12.8. The van der Waals surface area contributed by atoms with Crippen LogP contribution in [0.2, 0.25) is 0 Å². The Hall–Kier alpha value is -2.66. The van der Waals surface area contributed by atoms with Crippen LogP contribution in [0.4, 0.5) is 5.69 Å². The van der Waals surface area contributed by atoms with E-state index in [1.165, 1.54) is 22.3 Å².